The first-order valence-electron chi connectivity index (χ1n) is 11.3. The van der Waals surface area contributed by atoms with Crippen molar-refractivity contribution in [3.05, 3.63) is 0 Å². The highest BCUT2D eigenvalue weighted by molar-refractivity contribution is 7.89. The Hall–Kier alpha value is -0.130. The van der Waals surface area contributed by atoms with Crippen LogP contribution in [0.1, 0.15) is 26.7 Å². The Balaban J connectivity index is 1.62. The molecule has 3 heterocycles. The van der Waals surface area contributed by atoms with Crippen LogP contribution in [-0.4, -0.2) is 108 Å². The maximum Gasteiger partial charge on any atom is 0.198 e. The normalized spacial score (nSPS) is 43.9. The molecule has 0 aromatic heterocycles. The summed E-state index contributed by atoms with van der Waals surface area (Å²) in [6.45, 7) is 4.33. The van der Waals surface area contributed by atoms with Gasteiger partial charge in [-0.15, -0.1) is 4.33 Å². The average Bonchev–Trinajstić information content (AvgIpc) is 2.93. The summed E-state index contributed by atoms with van der Waals surface area (Å²) in [5.41, 5.74) is -0.515. The summed E-state index contributed by atoms with van der Waals surface area (Å²) in [6, 6.07) is 0. The van der Waals surface area contributed by atoms with Crippen LogP contribution in [0.15, 0.2) is 0 Å². The SMILES string of the molecule is CC[C@H]1OC2(C)CCOC[C@@H](C1O)[C@H]2COC[C@@H]1OC(CO)[C@@H](OSOOO)[C@@H](CO)C1O. The van der Waals surface area contributed by atoms with Crippen LogP contribution in [0.4, 0.5) is 0 Å². The number of hydrogen-bond acceptors (Lipinski definition) is 13. The summed E-state index contributed by atoms with van der Waals surface area (Å²) in [6.07, 6.45) is -3.34. The number of fused-ring (bicyclic) bond motifs is 2. The van der Waals surface area contributed by atoms with E-state index in [0.717, 1.165) is 0 Å². The lowest BCUT2D eigenvalue weighted by Gasteiger charge is -2.50. The molecule has 0 aliphatic carbocycles. The van der Waals surface area contributed by atoms with E-state index in [1.165, 1.54) is 0 Å². The second-order valence-electron chi connectivity index (χ2n) is 9.00. The summed E-state index contributed by atoms with van der Waals surface area (Å²) in [5, 5.41) is 52.7. The van der Waals surface area contributed by atoms with Gasteiger partial charge in [-0.25, -0.2) is 5.26 Å². The molecule has 3 aliphatic heterocycles. The van der Waals surface area contributed by atoms with Crippen LogP contribution < -0.4 is 0 Å². The second kappa shape index (κ2) is 12.7. The molecule has 0 saturated carbocycles. The molecule has 0 aromatic carbocycles. The second-order valence-corrected chi connectivity index (χ2v) is 9.47. The van der Waals surface area contributed by atoms with Gasteiger partial charge < -0.3 is 39.4 Å². The van der Waals surface area contributed by atoms with Crippen molar-refractivity contribution >= 4 is 12.3 Å². The van der Waals surface area contributed by atoms with E-state index in [9.17, 15) is 20.4 Å². The fraction of sp³-hybridized carbons (Fsp3) is 1.00. The quantitative estimate of drug-likeness (QED) is 0.109. The molecule has 3 saturated heterocycles. The van der Waals surface area contributed by atoms with E-state index in [2.05, 4.69) is 9.37 Å². The molecule has 0 radical (unpaired) electrons. The Morgan fingerprint density at radius 3 is 2.52 bits per heavy atom. The third kappa shape index (κ3) is 6.17. The first kappa shape index (κ1) is 27.5. The van der Waals surface area contributed by atoms with Gasteiger partial charge in [0.05, 0.1) is 56.9 Å². The summed E-state index contributed by atoms with van der Waals surface area (Å²) >= 11 is 0.285. The van der Waals surface area contributed by atoms with E-state index >= 15 is 0 Å². The van der Waals surface area contributed by atoms with E-state index in [1.807, 2.05) is 13.8 Å². The molecule has 4 unspecified atom stereocenters. The molecule has 33 heavy (non-hydrogen) atoms. The van der Waals surface area contributed by atoms with E-state index in [0.29, 0.717) is 26.1 Å². The number of aliphatic hydroxyl groups excluding tert-OH is 4. The fourth-order valence-corrected chi connectivity index (χ4v) is 5.60. The van der Waals surface area contributed by atoms with E-state index in [1.54, 1.807) is 0 Å². The van der Waals surface area contributed by atoms with Crippen LogP contribution in [0.3, 0.4) is 0 Å². The number of hydrogen-bond donors (Lipinski definition) is 5. The van der Waals surface area contributed by atoms with E-state index in [-0.39, 0.29) is 43.5 Å². The molecule has 3 fully saturated rings. The zero-order valence-electron chi connectivity index (χ0n) is 18.9. The largest absolute Gasteiger partial charge is 0.396 e. The molecule has 194 valence electrons. The van der Waals surface area contributed by atoms with Gasteiger partial charge >= 0.3 is 0 Å². The van der Waals surface area contributed by atoms with Gasteiger partial charge in [0.25, 0.3) is 0 Å². The molecule has 3 aliphatic rings. The van der Waals surface area contributed by atoms with Crippen molar-refractivity contribution in [2.24, 2.45) is 17.8 Å². The molecule has 0 spiro atoms. The molecule has 3 rings (SSSR count). The van der Waals surface area contributed by atoms with Gasteiger partial charge in [0, 0.05) is 24.4 Å². The molecule has 13 heteroatoms. The molecule has 0 amide bonds. The highest BCUT2D eigenvalue weighted by atomic mass is 32.2. The molecular formula is C20H36O12S. The van der Waals surface area contributed by atoms with Gasteiger partial charge in [-0.3, -0.25) is 4.18 Å². The maximum atomic E-state index is 10.8. The minimum atomic E-state index is -1.16. The van der Waals surface area contributed by atoms with Crippen LogP contribution >= 0.6 is 12.3 Å². The molecule has 5 N–H and O–H groups in total. The van der Waals surface area contributed by atoms with Crippen molar-refractivity contribution in [3.63, 3.8) is 0 Å². The van der Waals surface area contributed by atoms with Gasteiger partial charge in [0.2, 0.25) is 0 Å². The first-order valence-corrected chi connectivity index (χ1v) is 11.9. The molecular weight excluding hydrogens is 464 g/mol. The van der Waals surface area contributed by atoms with Crippen LogP contribution in [0.25, 0.3) is 0 Å². The number of aliphatic hydroxyl groups is 4. The Morgan fingerprint density at radius 2 is 1.85 bits per heavy atom. The maximum absolute atomic E-state index is 10.8. The van der Waals surface area contributed by atoms with Crippen LogP contribution in [0, 0.1) is 17.8 Å². The monoisotopic (exact) mass is 500 g/mol. The standard InChI is InChI=1S/C20H36O12S/c1-3-14-18(24)12-8-26-5-4-20(2,29-14)13(12)9-27-10-16-17(23)11(6-21)19(15(7-22)28-16)30-33-32-31-25/h11-19,21-25H,3-10H2,1-2H3/t11-,12+,13+,14+,15?,16-,17?,18?,19-,20?/m0/s1. The van der Waals surface area contributed by atoms with Crippen molar-refractivity contribution in [1.82, 2.24) is 0 Å². The molecule has 12 nitrogen and oxygen atoms in total. The number of rotatable bonds is 11. The van der Waals surface area contributed by atoms with Crippen molar-refractivity contribution in [2.75, 3.05) is 39.6 Å². The zero-order valence-corrected chi connectivity index (χ0v) is 19.7. The van der Waals surface area contributed by atoms with Gasteiger partial charge in [0.15, 0.2) is 12.3 Å². The molecule has 0 aromatic rings. The van der Waals surface area contributed by atoms with E-state index < -0.39 is 55.3 Å². The summed E-state index contributed by atoms with van der Waals surface area (Å²) in [5.74, 6) is -1.07. The van der Waals surface area contributed by atoms with Crippen molar-refractivity contribution in [2.45, 2.75) is 68.9 Å². The number of ether oxygens (including phenoxy) is 4. The van der Waals surface area contributed by atoms with Gasteiger partial charge in [0.1, 0.15) is 18.3 Å². The smallest absolute Gasteiger partial charge is 0.198 e. The van der Waals surface area contributed by atoms with Gasteiger partial charge in [-0.2, -0.15) is 0 Å². The van der Waals surface area contributed by atoms with Crippen molar-refractivity contribution in [3.8, 4) is 0 Å². The first-order chi connectivity index (χ1) is 15.9. The lowest BCUT2D eigenvalue weighted by Crippen LogP contribution is -2.59. The van der Waals surface area contributed by atoms with Crippen molar-refractivity contribution in [1.29, 1.82) is 0 Å². The minimum Gasteiger partial charge on any atom is -0.396 e. The van der Waals surface area contributed by atoms with Crippen LogP contribution in [-0.2, 0) is 32.5 Å². The Kier molecular flexibility index (Phi) is 10.6. The summed E-state index contributed by atoms with van der Waals surface area (Å²) < 4.78 is 33.2. The highest BCUT2D eigenvalue weighted by Crippen LogP contribution is 2.43. The lowest BCUT2D eigenvalue weighted by atomic mass is 9.72. The Bertz CT molecular complexity index is 587. The van der Waals surface area contributed by atoms with E-state index in [4.69, 9.17) is 28.4 Å². The Morgan fingerprint density at radius 1 is 1.06 bits per heavy atom. The zero-order chi connectivity index (χ0) is 24.0. The predicted octanol–water partition coefficient (Wildman–Crippen LogP) is -0.317. The predicted molar refractivity (Wildman–Crippen MR) is 112 cm³/mol. The third-order valence-corrected chi connectivity index (χ3v) is 7.55. The highest BCUT2D eigenvalue weighted by Gasteiger charge is 2.52. The summed E-state index contributed by atoms with van der Waals surface area (Å²) in [7, 11) is 0. The molecule has 10 atom stereocenters. The summed E-state index contributed by atoms with van der Waals surface area (Å²) in [4.78, 5) is 0. The van der Waals surface area contributed by atoms with Gasteiger partial charge in [-0.1, -0.05) is 12.0 Å². The average molecular weight is 501 g/mol. The van der Waals surface area contributed by atoms with Crippen molar-refractivity contribution < 1.29 is 58.2 Å². The van der Waals surface area contributed by atoms with Gasteiger partial charge in [-0.05, 0) is 19.8 Å². The molecule has 2 bridgehead atoms. The topological polar surface area (TPSA) is 166 Å². The lowest BCUT2D eigenvalue weighted by molar-refractivity contribution is -0.434. The van der Waals surface area contributed by atoms with Crippen LogP contribution in [0.5, 0.6) is 0 Å². The third-order valence-electron chi connectivity index (χ3n) is 7.13. The minimum absolute atomic E-state index is 0.00224. The fourth-order valence-electron chi connectivity index (χ4n) is 5.19. The Labute approximate surface area is 197 Å². The van der Waals surface area contributed by atoms with Crippen LogP contribution in [0.2, 0.25) is 0 Å².